The van der Waals surface area contributed by atoms with Crippen molar-refractivity contribution in [3.8, 4) is 0 Å². The summed E-state index contributed by atoms with van der Waals surface area (Å²) in [5, 5.41) is 3.56. The molecule has 1 aromatic rings. The van der Waals surface area contributed by atoms with Gasteiger partial charge in [-0.15, -0.1) is 0 Å². The van der Waals surface area contributed by atoms with Crippen molar-refractivity contribution < 1.29 is 0 Å². The molecule has 0 saturated heterocycles. The summed E-state index contributed by atoms with van der Waals surface area (Å²) in [4.78, 5) is 2.48. The number of nitrogens with zero attached hydrogens (tertiary/aromatic N) is 1. The molecular weight excluding hydrogens is 324 g/mol. The predicted molar refractivity (Wildman–Crippen MR) is 94.4 cm³/mol. The highest BCUT2D eigenvalue weighted by Crippen LogP contribution is 2.34. The summed E-state index contributed by atoms with van der Waals surface area (Å²) >= 11 is 3.50. The Kier molecular flexibility index (Phi) is 6.27. The molecule has 21 heavy (non-hydrogen) atoms. The van der Waals surface area contributed by atoms with Gasteiger partial charge in [0.05, 0.1) is 0 Å². The number of rotatable bonds is 5. The van der Waals surface area contributed by atoms with Gasteiger partial charge in [0.25, 0.3) is 0 Å². The topological polar surface area (TPSA) is 15.3 Å². The normalized spacial score (nSPS) is 29.8. The first-order chi connectivity index (χ1) is 9.99. The van der Waals surface area contributed by atoms with Crippen molar-refractivity contribution in [2.24, 2.45) is 17.8 Å². The van der Waals surface area contributed by atoms with Crippen molar-refractivity contribution in [2.75, 3.05) is 20.6 Å². The molecule has 0 aromatic heterocycles. The van der Waals surface area contributed by atoms with E-state index in [1.54, 1.807) is 0 Å². The zero-order chi connectivity index (χ0) is 15.4. The molecular formula is C18H29BrN2. The SMILES string of the molecule is CNC1CC(C)CC(C)C1CN(C)Cc1ccc(Br)cc1. The minimum atomic E-state index is 0.663. The van der Waals surface area contributed by atoms with Crippen LogP contribution in [-0.4, -0.2) is 31.6 Å². The number of nitrogens with one attached hydrogen (secondary N) is 1. The first-order valence-electron chi connectivity index (χ1n) is 8.09. The van der Waals surface area contributed by atoms with Gasteiger partial charge in [0.2, 0.25) is 0 Å². The van der Waals surface area contributed by atoms with Crippen molar-refractivity contribution in [3.63, 3.8) is 0 Å². The predicted octanol–water partition coefficient (Wildman–Crippen LogP) is 4.15. The molecule has 0 aliphatic heterocycles. The van der Waals surface area contributed by atoms with E-state index in [9.17, 15) is 0 Å². The lowest BCUT2D eigenvalue weighted by Crippen LogP contribution is -2.47. The van der Waals surface area contributed by atoms with E-state index in [2.05, 4.69) is 78.4 Å². The summed E-state index contributed by atoms with van der Waals surface area (Å²) in [5.41, 5.74) is 1.39. The summed E-state index contributed by atoms with van der Waals surface area (Å²) < 4.78 is 1.15. The summed E-state index contributed by atoms with van der Waals surface area (Å²) in [7, 11) is 4.37. The summed E-state index contributed by atoms with van der Waals surface area (Å²) in [5.74, 6) is 2.41. The molecule has 0 spiro atoms. The Labute approximate surface area is 138 Å². The zero-order valence-corrected chi connectivity index (χ0v) is 15.4. The minimum absolute atomic E-state index is 0.663. The largest absolute Gasteiger partial charge is 0.317 e. The second-order valence-corrected chi connectivity index (χ2v) is 7.85. The fraction of sp³-hybridized carbons (Fsp3) is 0.667. The van der Waals surface area contributed by atoms with Crippen LogP contribution in [0.5, 0.6) is 0 Å². The van der Waals surface area contributed by atoms with Crippen molar-refractivity contribution in [2.45, 2.75) is 39.3 Å². The van der Waals surface area contributed by atoms with Gasteiger partial charge in [0.15, 0.2) is 0 Å². The molecule has 1 aromatic carbocycles. The van der Waals surface area contributed by atoms with E-state index >= 15 is 0 Å². The van der Waals surface area contributed by atoms with Crippen molar-refractivity contribution in [1.82, 2.24) is 10.2 Å². The highest BCUT2D eigenvalue weighted by atomic mass is 79.9. The Hall–Kier alpha value is -0.380. The van der Waals surface area contributed by atoms with E-state index in [1.165, 1.54) is 24.9 Å². The fourth-order valence-electron chi connectivity index (χ4n) is 3.88. The van der Waals surface area contributed by atoms with Gasteiger partial charge in [-0.25, -0.2) is 0 Å². The molecule has 1 aliphatic carbocycles. The van der Waals surface area contributed by atoms with Gasteiger partial charge in [-0.2, -0.15) is 0 Å². The van der Waals surface area contributed by atoms with Gasteiger partial charge in [-0.1, -0.05) is 41.9 Å². The number of benzene rings is 1. The maximum atomic E-state index is 3.56. The van der Waals surface area contributed by atoms with E-state index in [0.717, 1.165) is 28.8 Å². The van der Waals surface area contributed by atoms with Gasteiger partial charge in [0.1, 0.15) is 0 Å². The number of hydrogen-bond donors (Lipinski definition) is 1. The molecule has 2 nitrogen and oxygen atoms in total. The summed E-state index contributed by atoms with van der Waals surface area (Å²) in [6, 6.07) is 9.34. The molecule has 118 valence electrons. The van der Waals surface area contributed by atoms with Crippen LogP contribution in [0.2, 0.25) is 0 Å². The fourth-order valence-corrected chi connectivity index (χ4v) is 4.14. The Morgan fingerprint density at radius 2 is 1.86 bits per heavy atom. The molecule has 1 fully saturated rings. The van der Waals surface area contributed by atoms with Gasteiger partial charge in [-0.3, -0.25) is 0 Å². The molecule has 0 bridgehead atoms. The molecule has 1 saturated carbocycles. The highest BCUT2D eigenvalue weighted by Gasteiger charge is 2.33. The van der Waals surface area contributed by atoms with Crippen LogP contribution in [0.4, 0.5) is 0 Å². The molecule has 3 heteroatoms. The minimum Gasteiger partial charge on any atom is -0.317 e. The van der Waals surface area contributed by atoms with Gasteiger partial charge in [0, 0.05) is 23.6 Å². The molecule has 1 N–H and O–H groups in total. The lowest BCUT2D eigenvalue weighted by Gasteiger charge is -2.41. The van der Waals surface area contributed by atoms with Crippen molar-refractivity contribution in [1.29, 1.82) is 0 Å². The lowest BCUT2D eigenvalue weighted by atomic mass is 9.72. The third-order valence-corrected chi connectivity index (χ3v) is 5.47. The Balaban J connectivity index is 1.94. The summed E-state index contributed by atoms with van der Waals surface area (Å²) in [6.07, 6.45) is 2.69. The van der Waals surface area contributed by atoms with E-state index < -0.39 is 0 Å². The van der Waals surface area contributed by atoms with E-state index in [4.69, 9.17) is 0 Å². The van der Waals surface area contributed by atoms with Crippen molar-refractivity contribution in [3.05, 3.63) is 34.3 Å². The third-order valence-electron chi connectivity index (χ3n) is 4.94. The second-order valence-electron chi connectivity index (χ2n) is 6.94. The van der Waals surface area contributed by atoms with Crippen LogP contribution in [0.25, 0.3) is 0 Å². The average molecular weight is 353 g/mol. The quantitative estimate of drug-likeness (QED) is 0.855. The molecule has 4 unspecified atom stereocenters. The Morgan fingerprint density at radius 3 is 2.48 bits per heavy atom. The first kappa shape index (κ1) is 17.0. The Morgan fingerprint density at radius 1 is 1.19 bits per heavy atom. The van der Waals surface area contributed by atoms with Gasteiger partial charge in [-0.05, 0) is 62.4 Å². The van der Waals surface area contributed by atoms with E-state index in [1.807, 2.05) is 0 Å². The molecule has 2 rings (SSSR count). The number of hydrogen-bond acceptors (Lipinski definition) is 2. The van der Waals surface area contributed by atoms with Crippen LogP contribution >= 0.6 is 15.9 Å². The molecule has 0 amide bonds. The maximum absolute atomic E-state index is 3.56. The van der Waals surface area contributed by atoms with Crippen LogP contribution in [0.1, 0.15) is 32.3 Å². The molecule has 4 atom stereocenters. The maximum Gasteiger partial charge on any atom is 0.0230 e. The van der Waals surface area contributed by atoms with E-state index in [-0.39, 0.29) is 0 Å². The van der Waals surface area contributed by atoms with Gasteiger partial charge < -0.3 is 10.2 Å². The number of halogens is 1. The molecule has 1 aliphatic rings. The smallest absolute Gasteiger partial charge is 0.0230 e. The van der Waals surface area contributed by atoms with Crippen LogP contribution < -0.4 is 5.32 Å². The first-order valence-corrected chi connectivity index (χ1v) is 8.89. The average Bonchev–Trinajstić information content (AvgIpc) is 2.44. The third kappa shape index (κ3) is 4.80. The van der Waals surface area contributed by atoms with Crippen LogP contribution in [0, 0.1) is 17.8 Å². The van der Waals surface area contributed by atoms with Crippen LogP contribution in [-0.2, 0) is 6.54 Å². The lowest BCUT2D eigenvalue weighted by molar-refractivity contribution is 0.113. The molecule has 0 heterocycles. The van der Waals surface area contributed by atoms with Crippen LogP contribution in [0.3, 0.4) is 0 Å². The standard InChI is InChI=1S/C18H29BrN2/c1-13-9-14(2)17(18(10-13)20-3)12-21(4)11-15-5-7-16(19)8-6-15/h5-8,13-14,17-18,20H,9-12H2,1-4H3. The monoisotopic (exact) mass is 352 g/mol. The van der Waals surface area contributed by atoms with E-state index in [0.29, 0.717) is 6.04 Å². The Bertz CT molecular complexity index is 431. The summed E-state index contributed by atoms with van der Waals surface area (Å²) in [6.45, 7) is 7.03. The van der Waals surface area contributed by atoms with Gasteiger partial charge >= 0.3 is 0 Å². The second kappa shape index (κ2) is 7.75. The zero-order valence-electron chi connectivity index (χ0n) is 13.8. The molecule has 0 radical (unpaired) electrons. The van der Waals surface area contributed by atoms with Crippen molar-refractivity contribution >= 4 is 15.9 Å². The van der Waals surface area contributed by atoms with Crippen LogP contribution in [0.15, 0.2) is 28.7 Å². The highest BCUT2D eigenvalue weighted by molar-refractivity contribution is 9.10.